The van der Waals surface area contributed by atoms with Crippen molar-refractivity contribution in [2.45, 2.75) is 31.1 Å². The molecule has 5 heteroatoms. The van der Waals surface area contributed by atoms with Crippen LogP contribution in [0.2, 0.25) is 0 Å². The molecule has 1 aliphatic rings. The number of benzene rings is 1. The van der Waals surface area contributed by atoms with Gasteiger partial charge in [0.2, 0.25) is 11.7 Å². The van der Waals surface area contributed by atoms with Gasteiger partial charge in [0, 0.05) is 12.1 Å². The summed E-state index contributed by atoms with van der Waals surface area (Å²) >= 11 is 0. The first-order valence-electron chi connectivity index (χ1n) is 6.54. The molecule has 0 saturated heterocycles. The monoisotopic (exact) mass is 261 g/mol. The molecule has 0 amide bonds. The Morgan fingerprint density at radius 2 is 2.11 bits per heavy atom. The van der Waals surface area contributed by atoms with Gasteiger partial charge in [-0.05, 0) is 25.0 Å². The van der Waals surface area contributed by atoms with E-state index in [1.165, 1.54) is 12.1 Å². The Labute approximate surface area is 110 Å². The van der Waals surface area contributed by atoms with E-state index in [-0.39, 0.29) is 11.2 Å². The Morgan fingerprint density at radius 3 is 2.79 bits per heavy atom. The average molecular weight is 261 g/mol. The summed E-state index contributed by atoms with van der Waals surface area (Å²) in [6, 6.07) is 6.19. The van der Waals surface area contributed by atoms with Gasteiger partial charge >= 0.3 is 0 Å². The zero-order valence-electron chi connectivity index (χ0n) is 10.6. The minimum atomic E-state index is -0.307. The highest BCUT2D eigenvalue weighted by molar-refractivity contribution is 5.54. The Bertz CT molecular complexity index is 576. The molecule has 100 valence electrons. The van der Waals surface area contributed by atoms with Gasteiger partial charge in [-0.15, -0.1) is 0 Å². The normalized spacial score (nSPS) is 17.8. The van der Waals surface area contributed by atoms with Crippen molar-refractivity contribution in [1.29, 1.82) is 0 Å². The van der Waals surface area contributed by atoms with E-state index < -0.39 is 0 Å². The van der Waals surface area contributed by atoms with Crippen LogP contribution in [0.5, 0.6) is 0 Å². The largest absolute Gasteiger partial charge is 0.338 e. The lowest BCUT2D eigenvalue weighted by molar-refractivity contribution is 0.284. The SMILES string of the molecule is NCC1(c2nc(-c3cccc(F)c3)no2)CCCC1. The minimum absolute atomic E-state index is 0.182. The molecule has 0 unspecified atom stereocenters. The number of hydrogen-bond acceptors (Lipinski definition) is 4. The smallest absolute Gasteiger partial charge is 0.234 e. The minimum Gasteiger partial charge on any atom is -0.338 e. The molecular formula is C14H16FN3O. The maximum absolute atomic E-state index is 13.2. The number of nitrogens with two attached hydrogens (primary N) is 1. The van der Waals surface area contributed by atoms with E-state index in [0.717, 1.165) is 25.7 Å². The van der Waals surface area contributed by atoms with Gasteiger partial charge in [0.15, 0.2) is 0 Å². The molecule has 0 atom stereocenters. The van der Waals surface area contributed by atoms with Crippen LogP contribution < -0.4 is 5.73 Å². The fourth-order valence-electron chi connectivity index (χ4n) is 2.74. The van der Waals surface area contributed by atoms with Crippen molar-refractivity contribution in [3.05, 3.63) is 36.0 Å². The highest BCUT2D eigenvalue weighted by Gasteiger charge is 2.39. The molecule has 4 nitrogen and oxygen atoms in total. The first kappa shape index (κ1) is 12.3. The Hall–Kier alpha value is -1.75. The molecule has 1 heterocycles. The van der Waals surface area contributed by atoms with E-state index in [1.807, 2.05) is 0 Å². The summed E-state index contributed by atoms with van der Waals surface area (Å²) in [5, 5.41) is 3.96. The van der Waals surface area contributed by atoms with E-state index in [0.29, 0.717) is 23.8 Å². The summed E-state index contributed by atoms with van der Waals surface area (Å²) in [6.07, 6.45) is 4.23. The summed E-state index contributed by atoms with van der Waals surface area (Å²) in [5.41, 5.74) is 6.33. The van der Waals surface area contributed by atoms with E-state index in [2.05, 4.69) is 10.1 Å². The average Bonchev–Trinajstić information content (AvgIpc) is 3.08. The number of aromatic nitrogens is 2. The van der Waals surface area contributed by atoms with Crippen LogP contribution in [0.15, 0.2) is 28.8 Å². The Balaban J connectivity index is 1.95. The molecule has 1 saturated carbocycles. The molecule has 3 rings (SSSR count). The van der Waals surface area contributed by atoms with Crippen molar-refractivity contribution in [2.75, 3.05) is 6.54 Å². The second kappa shape index (κ2) is 4.74. The predicted molar refractivity (Wildman–Crippen MR) is 68.9 cm³/mol. The third-order valence-corrected chi connectivity index (χ3v) is 3.91. The lowest BCUT2D eigenvalue weighted by Gasteiger charge is -2.21. The van der Waals surface area contributed by atoms with Crippen LogP contribution in [0.1, 0.15) is 31.6 Å². The van der Waals surface area contributed by atoms with Crippen molar-refractivity contribution in [2.24, 2.45) is 5.73 Å². The molecule has 0 radical (unpaired) electrons. The van der Waals surface area contributed by atoms with Gasteiger partial charge in [-0.1, -0.05) is 30.1 Å². The second-order valence-corrected chi connectivity index (χ2v) is 5.13. The summed E-state index contributed by atoms with van der Waals surface area (Å²) < 4.78 is 18.6. The molecule has 2 aromatic rings. The van der Waals surface area contributed by atoms with E-state index >= 15 is 0 Å². The van der Waals surface area contributed by atoms with Crippen molar-refractivity contribution in [3.8, 4) is 11.4 Å². The zero-order chi connectivity index (χ0) is 13.3. The maximum Gasteiger partial charge on any atom is 0.234 e. The zero-order valence-corrected chi connectivity index (χ0v) is 10.6. The van der Waals surface area contributed by atoms with Crippen molar-refractivity contribution >= 4 is 0 Å². The van der Waals surface area contributed by atoms with Gasteiger partial charge in [-0.3, -0.25) is 0 Å². The molecule has 2 N–H and O–H groups in total. The molecule has 0 aliphatic heterocycles. The third kappa shape index (κ3) is 2.14. The Morgan fingerprint density at radius 1 is 1.32 bits per heavy atom. The van der Waals surface area contributed by atoms with Crippen LogP contribution in [0.25, 0.3) is 11.4 Å². The number of nitrogens with zero attached hydrogens (tertiary/aromatic N) is 2. The Kier molecular flexibility index (Phi) is 3.06. The van der Waals surface area contributed by atoms with Crippen molar-refractivity contribution in [1.82, 2.24) is 10.1 Å². The van der Waals surface area contributed by atoms with Gasteiger partial charge in [0.05, 0.1) is 5.41 Å². The molecule has 19 heavy (non-hydrogen) atoms. The number of rotatable bonds is 3. The summed E-state index contributed by atoms with van der Waals surface area (Å²) in [6.45, 7) is 0.512. The van der Waals surface area contributed by atoms with E-state index in [4.69, 9.17) is 10.3 Å². The first-order chi connectivity index (χ1) is 9.23. The van der Waals surface area contributed by atoms with Gasteiger partial charge in [0.25, 0.3) is 0 Å². The quantitative estimate of drug-likeness (QED) is 0.922. The summed E-state index contributed by atoms with van der Waals surface area (Å²) in [4.78, 5) is 4.42. The van der Waals surface area contributed by atoms with Crippen LogP contribution in [-0.4, -0.2) is 16.7 Å². The topological polar surface area (TPSA) is 64.9 Å². The van der Waals surface area contributed by atoms with E-state index in [1.54, 1.807) is 12.1 Å². The van der Waals surface area contributed by atoms with Gasteiger partial charge in [0.1, 0.15) is 5.82 Å². The number of halogens is 1. The first-order valence-corrected chi connectivity index (χ1v) is 6.54. The van der Waals surface area contributed by atoms with E-state index in [9.17, 15) is 4.39 Å². The fraction of sp³-hybridized carbons (Fsp3) is 0.429. The van der Waals surface area contributed by atoms with Crippen molar-refractivity contribution in [3.63, 3.8) is 0 Å². The fourth-order valence-corrected chi connectivity index (χ4v) is 2.74. The summed E-state index contributed by atoms with van der Waals surface area (Å²) in [5.74, 6) is 0.708. The standard InChI is InChI=1S/C14H16FN3O/c15-11-5-3-4-10(8-11)12-17-13(19-18-12)14(9-16)6-1-2-7-14/h3-5,8H,1-2,6-7,9,16H2. The molecular weight excluding hydrogens is 245 g/mol. The molecule has 1 fully saturated rings. The summed E-state index contributed by atoms with van der Waals surface area (Å²) in [7, 11) is 0. The van der Waals surface area contributed by atoms with Crippen molar-refractivity contribution < 1.29 is 8.91 Å². The van der Waals surface area contributed by atoms with Gasteiger partial charge in [-0.2, -0.15) is 4.98 Å². The molecule has 0 bridgehead atoms. The van der Waals surface area contributed by atoms with Crippen LogP contribution in [-0.2, 0) is 5.41 Å². The van der Waals surface area contributed by atoms with Crippen LogP contribution in [0.4, 0.5) is 4.39 Å². The lowest BCUT2D eigenvalue weighted by Crippen LogP contribution is -2.32. The third-order valence-electron chi connectivity index (χ3n) is 3.91. The lowest BCUT2D eigenvalue weighted by atomic mass is 9.86. The highest BCUT2D eigenvalue weighted by Crippen LogP contribution is 2.39. The van der Waals surface area contributed by atoms with Gasteiger partial charge in [-0.25, -0.2) is 4.39 Å². The predicted octanol–water partition coefficient (Wildman–Crippen LogP) is 2.65. The maximum atomic E-state index is 13.2. The van der Waals surface area contributed by atoms with Gasteiger partial charge < -0.3 is 10.3 Å². The highest BCUT2D eigenvalue weighted by atomic mass is 19.1. The molecule has 1 aromatic carbocycles. The molecule has 1 aliphatic carbocycles. The van der Waals surface area contributed by atoms with Crippen LogP contribution >= 0.6 is 0 Å². The van der Waals surface area contributed by atoms with Crippen LogP contribution in [0, 0.1) is 5.82 Å². The number of hydrogen-bond donors (Lipinski definition) is 1. The molecule has 1 aromatic heterocycles. The van der Waals surface area contributed by atoms with Crippen LogP contribution in [0.3, 0.4) is 0 Å². The second-order valence-electron chi connectivity index (χ2n) is 5.13. The molecule has 0 spiro atoms.